The molecule has 3 aromatic carbocycles. The van der Waals surface area contributed by atoms with Crippen molar-refractivity contribution in [3.63, 3.8) is 0 Å². The van der Waals surface area contributed by atoms with Gasteiger partial charge in [-0.1, -0.05) is 57.2 Å². The monoisotopic (exact) mass is 1090 g/mol. The number of amides is 4. The topological polar surface area (TPSA) is 265 Å². The molecule has 3 unspecified atom stereocenters. The van der Waals surface area contributed by atoms with Gasteiger partial charge in [0, 0.05) is 62.1 Å². The molecular formula is C53H51F2N11O9S2. The number of sulfonamides is 1. The molecule has 5 aromatic heterocycles. The number of halogens is 2. The van der Waals surface area contributed by atoms with Crippen LogP contribution in [0.3, 0.4) is 0 Å². The number of aliphatic hydroxyl groups excluding tert-OH is 1. The lowest BCUT2D eigenvalue weighted by molar-refractivity contribution is -0.144. The largest absolute Gasteiger partial charge is 0.480 e. The van der Waals surface area contributed by atoms with Gasteiger partial charge < -0.3 is 35.1 Å². The van der Waals surface area contributed by atoms with Gasteiger partial charge in [0.25, 0.3) is 21.8 Å². The number of β-amino-alcohol motifs (C(OH)–C–C–N with tert-alkyl or cyclic N) is 1. The number of nitrogens with zero attached hydrogens (tertiary/aromatic N) is 7. The Hall–Kier alpha value is -8.48. The summed E-state index contributed by atoms with van der Waals surface area (Å²) in [6, 6.07) is 19.1. The average molecular weight is 1090 g/mol. The number of pyridine rings is 2. The molecule has 24 heteroatoms. The predicted octanol–water partition coefficient (Wildman–Crippen LogP) is 6.56. The molecule has 0 aliphatic carbocycles. The second-order valence-electron chi connectivity index (χ2n) is 19.2. The van der Waals surface area contributed by atoms with Crippen molar-refractivity contribution in [2.24, 2.45) is 5.41 Å². The van der Waals surface area contributed by atoms with Crippen molar-refractivity contribution in [1.29, 1.82) is 0 Å². The number of thiazole rings is 1. The molecule has 3 atom stereocenters. The van der Waals surface area contributed by atoms with Crippen LogP contribution in [0.5, 0.6) is 5.88 Å². The molecule has 0 bridgehead atoms. The zero-order chi connectivity index (χ0) is 54.8. The summed E-state index contributed by atoms with van der Waals surface area (Å²) < 4.78 is 69.8. The van der Waals surface area contributed by atoms with Gasteiger partial charge in [-0.2, -0.15) is 0 Å². The van der Waals surface area contributed by atoms with E-state index in [4.69, 9.17) is 9.15 Å². The van der Waals surface area contributed by atoms with Gasteiger partial charge in [-0.15, -0.1) is 21.5 Å². The van der Waals surface area contributed by atoms with Crippen LogP contribution in [0.15, 0.2) is 118 Å². The minimum Gasteiger partial charge on any atom is -0.480 e. The molecule has 8 aromatic rings. The molecule has 0 spiro atoms. The van der Waals surface area contributed by atoms with E-state index in [1.807, 2.05) is 31.2 Å². The Bertz CT molecular complexity index is 3660. The number of aromatic nitrogens is 6. The van der Waals surface area contributed by atoms with Crippen molar-refractivity contribution < 1.29 is 50.6 Å². The first-order valence-electron chi connectivity index (χ1n) is 24.0. The van der Waals surface area contributed by atoms with Gasteiger partial charge >= 0.3 is 0 Å². The standard InChI is InChI=1S/C53H51F2N11O9S2/c1-29-45(76-28-60-29)31-12-10-30(11-13-31)23-58-48(70)40-22-35(67)27-66(40)52(71)46(53(2,3)4)61-44(68)18-19-56-47(69)36-8-6-7-9-37(36)49-62-63-51(75-49)41-25-57-43-17-14-32(26-65(41)43)33-20-39(50(74-5)59-24-33)64-77(72,73)42-16-15-34(54)21-38(42)55/h6-17,20-21,24-26,28,35,40,46,64,67H,18-19,22-23,27H2,1-5H3,(H,56,69)(H,58,70)(H,61,68). The molecule has 4 amide bonds. The Balaban J connectivity index is 0.833. The summed E-state index contributed by atoms with van der Waals surface area (Å²) in [6.45, 7) is 7.27. The zero-order valence-electron chi connectivity index (χ0n) is 42.1. The highest BCUT2D eigenvalue weighted by Crippen LogP contribution is 2.34. The Morgan fingerprint density at radius 1 is 0.909 bits per heavy atom. The number of methoxy groups -OCH3 is 1. The highest BCUT2D eigenvalue weighted by Gasteiger charge is 2.44. The fourth-order valence-corrected chi connectivity index (χ4v) is 10.7. The lowest BCUT2D eigenvalue weighted by Crippen LogP contribution is -2.57. The minimum absolute atomic E-state index is 0.00877. The van der Waals surface area contributed by atoms with Crippen molar-refractivity contribution in [2.75, 3.05) is 24.9 Å². The van der Waals surface area contributed by atoms with Gasteiger partial charge in [-0.25, -0.2) is 32.2 Å². The summed E-state index contributed by atoms with van der Waals surface area (Å²) in [5.41, 5.74) is 5.85. The first kappa shape index (κ1) is 53.3. The first-order valence-corrected chi connectivity index (χ1v) is 26.4. The maximum absolute atomic E-state index is 14.5. The number of hydrogen-bond donors (Lipinski definition) is 5. The number of nitrogens with one attached hydrogen (secondary N) is 4. The lowest BCUT2D eigenvalue weighted by Gasteiger charge is -2.35. The molecule has 398 valence electrons. The fraction of sp³-hybridized carbons (Fsp3) is 0.264. The number of imidazole rings is 1. The number of carbonyl (C=O) groups is 4. The van der Waals surface area contributed by atoms with Gasteiger partial charge in [-0.05, 0) is 65.9 Å². The normalized spacial score (nSPS) is 15.0. The number of likely N-dealkylation sites (tertiary alicyclic amines) is 1. The second-order valence-corrected chi connectivity index (χ2v) is 21.7. The van der Waals surface area contributed by atoms with Gasteiger partial charge in [0.15, 0.2) is 0 Å². The van der Waals surface area contributed by atoms with E-state index in [-0.39, 0.29) is 67.0 Å². The second kappa shape index (κ2) is 22.0. The van der Waals surface area contributed by atoms with Gasteiger partial charge in [0.05, 0.1) is 46.6 Å². The zero-order valence-corrected chi connectivity index (χ0v) is 43.7. The smallest absolute Gasteiger partial charge is 0.266 e. The third kappa shape index (κ3) is 11.7. The lowest BCUT2D eigenvalue weighted by atomic mass is 9.85. The molecule has 0 radical (unpaired) electrons. The number of carbonyl (C=O) groups excluding carboxylic acids is 4. The Morgan fingerprint density at radius 2 is 1.66 bits per heavy atom. The van der Waals surface area contributed by atoms with Crippen LogP contribution in [0.25, 0.3) is 50.3 Å². The number of fused-ring (bicyclic) bond motifs is 1. The van der Waals surface area contributed by atoms with Crippen LogP contribution in [0.1, 0.15) is 55.2 Å². The molecule has 9 rings (SSSR count). The third-order valence-electron chi connectivity index (χ3n) is 12.7. The van der Waals surface area contributed by atoms with Crippen LogP contribution in [0, 0.1) is 24.0 Å². The number of aliphatic hydroxyl groups is 1. The number of anilines is 1. The van der Waals surface area contributed by atoms with Crippen LogP contribution in [0.2, 0.25) is 0 Å². The highest BCUT2D eigenvalue weighted by molar-refractivity contribution is 7.92. The molecule has 77 heavy (non-hydrogen) atoms. The Labute approximate surface area is 444 Å². The predicted molar refractivity (Wildman–Crippen MR) is 279 cm³/mol. The maximum Gasteiger partial charge on any atom is 0.266 e. The van der Waals surface area contributed by atoms with Crippen molar-refractivity contribution in [3.8, 4) is 50.5 Å². The number of rotatable bonds is 17. The Kier molecular flexibility index (Phi) is 15.2. The SMILES string of the molecule is COc1ncc(-c2ccc3ncc(-c4nnc(-c5ccccc5C(=O)NCCC(=O)NC(C(=O)N5CC(O)CC5C(=O)NCc5ccc(-c6scnc6C)cc5)C(C)(C)C)o4)n3c2)cc1NS(=O)(=O)c1ccc(F)cc1F. The fourth-order valence-electron chi connectivity index (χ4n) is 8.75. The van der Waals surface area contributed by atoms with Crippen LogP contribution >= 0.6 is 11.3 Å². The van der Waals surface area contributed by atoms with E-state index >= 15 is 0 Å². The summed E-state index contributed by atoms with van der Waals surface area (Å²) in [4.78, 5) is 69.5. The molecule has 1 fully saturated rings. The number of benzene rings is 3. The van der Waals surface area contributed by atoms with E-state index in [0.29, 0.717) is 28.5 Å². The van der Waals surface area contributed by atoms with Crippen LogP contribution in [0.4, 0.5) is 14.5 Å². The quantitative estimate of drug-likeness (QED) is 0.0647. The molecular weight excluding hydrogens is 1040 g/mol. The summed E-state index contributed by atoms with van der Waals surface area (Å²) >= 11 is 1.54. The third-order valence-corrected chi connectivity index (χ3v) is 15.1. The van der Waals surface area contributed by atoms with E-state index in [2.05, 4.69) is 45.8 Å². The highest BCUT2D eigenvalue weighted by atomic mass is 32.2. The maximum atomic E-state index is 14.5. The number of aryl methyl sites for hydroxylation is 1. The van der Waals surface area contributed by atoms with Crippen LogP contribution in [-0.4, -0.2) is 110 Å². The van der Waals surface area contributed by atoms with Crippen molar-refractivity contribution in [1.82, 2.24) is 50.4 Å². The molecule has 1 aliphatic heterocycles. The van der Waals surface area contributed by atoms with Crippen LogP contribution < -0.4 is 25.4 Å². The first-order chi connectivity index (χ1) is 36.8. The summed E-state index contributed by atoms with van der Waals surface area (Å²) in [5.74, 6) is -4.37. The van der Waals surface area contributed by atoms with E-state index in [1.54, 1.807) is 84.6 Å². The molecule has 20 nitrogen and oxygen atoms in total. The van der Waals surface area contributed by atoms with E-state index in [9.17, 15) is 41.5 Å². The van der Waals surface area contributed by atoms with E-state index < -0.39 is 73.8 Å². The van der Waals surface area contributed by atoms with Crippen LogP contribution in [-0.2, 0) is 31.0 Å². The van der Waals surface area contributed by atoms with Gasteiger partial charge in [0.1, 0.15) is 45.6 Å². The van der Waals surface area contributed by atoms with Crippen molar-refractivity contribution >= 4 is 56.3 Å². The van der Waals surface area contributed by atoms with Crippen molar-refractivity contribution in [3.05, 3.63) is 137 Å². The molecule has 5 N–H and O–H groups in total. The molecule has 1 saturated heterocycles. The average Bonchev–Trinajstić information content (AvgIpc) is 4.24. The molecule has 0 saturated carbocycles. The summed E-state index contributed by atoms with van der Waals surface area (Å²) in [7, 11) is -3.27. The van der Waals surface area contributed by atoms with E-state index in [0.717, 1.165) is 33.8 Å². The Morgan fingerprint density at radius 3 is 2.39 bits per heavy atom. The van der Waals surface area contributed by atoms with Gasteiger partial charge in [0.2, 0.25) is 29.5 Å². The summed E-state index contributed by atoms with van der Waals surface area (Å²) in [5, 5.41) is 27.6. The molecule has 1 aliphatic rings. The van der Waals surface area contributed by atoms with E-state index in [1.165, 1.54) is 30.5 Å². The number of ether oxygens (including phenoxy) is 1. The van der Waals surface area contributed by atoms with Crippen molar-refractivity contribution in [2.45, 2.75) is 70.2 Å². The molecule has 6 heterocycles. The van der Waals surface area contributed by atoms with Gasteiger partial charge in [-0.3, -0.25) is 28.3 Å². The summed E-state index contributed by atoms with van der Waals surface area (Å²) in [6.07, 6.45) is 3.48. The minimum atomic E-state index is -4.55. The number of hydrogen-bond acceptors (Lipinski definition) is 15.